The number of halogens is 3. The Morgan fingerprint density at radius 3 is 2.71 bits per heavy atom. The molecule has 0 saturated carbocycles. The van der Waals surface area contributed by atoms with Crippen molar-refractivity contribution in [1.82, 2.24) is 9.88 Å². The van der Waals surface area contributed by atoms with Gasteiger partial charge in [0.15, 0.2) is 0 Å². The second-order valence-electron chi connectivity index (χ2n) is 5.73. The van der Waals surface area contributed by atoms with Gasteiger partial charge in [0, 0.05) is 30.2 Å². The minimum atomic E-state index is -4.58. The third-order valence-corrected chi connectivity index (χ3v) is 4.14. The lowest BCUT2D eigenvalue weighted by molar-refractivity contribution is -0.138. The van der Waals surface area contributed by atoms with Crippen LogP contribution in [-0.4, -0.2) is 28.6 Å². The standard InChI is InChI=1S/C17H16F3N3O/c1-23-7-5-15(21)13-9-22-6-4-11(13)16(23)12-3-2-10(24)8-14(12)17(18,19)20/h2-6,8-9,16,24H,7,21H2,1H3. The number of hydrogen-bond acceptors (Lipinski definition) is 4. The van der Waals surface area contributed by atoms with E-state index in [1.807, 2.05) is 0 Å². The lowest BCUT2D eigenvalue weighted by atomic mass is 9.91. The summed E-state index contributed by atoms with van der Waals surface area (Å²) in [6, 6.07) is 4.35. The van der Waals surface area contributed by atoms with Crippen molar-refractivity contribution >= 4 is 5.70 Å². The maximum atomic E-state index is 13.5. The van der Waals surface area contributed by atoms with Crippen LogP contribution in [0.25, 0.3) is 5.70 Å². The lowest BCUT2D eigenvalue weighted by Gasteiger charge is -2.29. The third kappa shape index (κ3) is 2.82. The van der Waals surface area contributed by atoms with Crippen molar-refractivity contribution in [3.63, 3.8) is 0 Å². The van der Waals surface area contributed by atoms with Crippen LogP contribution in [0.2, 0.25) is 0 Å². The molecule has 24 heavy (non-hydrogen) atoms. The number of aromatic hydroxyl groups is 1. The largest absolute Gasteiger partial charge is 0.508 e. The van der Waals surface area contributed by atoms with Crippen LogP contribution in [0.15, 0.2) is 42.7 Å². The molecular formula is C17H16F3N3O. The van der Waals surface area contributed by atoms with Crippen LogP contribution in [0.4, 0.5) is 13.2 Å². The summed E-state index contributed by atoms with van der Waals surface area (Å²) >= 11 is 0. The quantitative estimate of drug-likeness (QED) is 0.840. The molecule has 0 aliphatic carbocycles. The molecule has 1 aromatic carbocycles. The molecule has 1 aromatic heterocycles. The number of nitrogens with two attached hydrogens (primary N) is 1. The molecule has 0 fully saturated rings. The van der Waals surface area contributed by atoms with Gasteiger partial charge >= 0.3 is 6.18 Å². The van der Waals surface area contributed by atoms with Crippen molar-refractivity contribution in [3.05, 3.63) is 65.0 Å². The first-order valence-corrected chi connectivity index (χ1v) is 7.29. The number of phenolic OH excluding ortho intramolecular Hbond substituents is 1. The molecule has 1 unspecified atom stereocenters. The number of fused-ring (bicyclic) bond motifs is 1. The number of phenols is 1. The topological polar surface area (TPSA) is 62.4 Å². The van der Waals surface area contributed by atoms with Crippen LogP contribution in [0.3, 0.4) is 0 Å². The van der Waals surface area contributed by atoms with Crippen LogP contribution >= 0.6 is 0 Å². The van der Waals surface area contributed by atoms with E-state index in [1.165, 1.54) is 18.3 Å². The molecule has 0 spiro atoms. The second kappa shape index (κ2) is 5.83. The maximum Gasteiger partial charge on any atom is 0.416 e. The molecule has 0 bridgehead atoms. The third-order valence-electron chi connectivity index (χ3n) is 4.14. The Hall–Kier alpha value is -2.54. The highest BCUT2D eigenvalue weighted by Crippen LogP contribution is 2.42. The van der Waals surface area contributed by atoms with E-state index in [-0.39, 0.29) is 5.56 Å². The normalized spacial score (nSPS) is 18.7. The lowest BCUT2D eigenvalue weighted by Crippen LogP contribution is -2.27. The fourth-order valence-corrected chi connectivity index (χ4v) is 3.01. The van der Waals surface area contributed by atoms with Crippen molar-refractivity contribution in [3.8, 4) is 5.75 Å². The van der Waals surface area contributed by atoms with Gasteiger partial charge in [-0.05, 0) is 42.4 Å². The summed E-state index contributed by atoms with van der Waals surface area (Å²) in [5.41, 5.74) is 6.99. The molecule has 126 valence electrons. The predicted octanol–water partition coefficient (Wildman–Crippen LogP) is 3.14. The maximum absolute atomic E-state index is 13.5. The molecule has 2 aromatic rings. The molecule has 2 heterocycles. The molecule has 3 rings (SSSR count). The smallest absolute Gasteiger partial charge is 0.416 e. The Morgan fingerprint density at radius 1 is 1.25 bits per heavy atom. The average Bonchev–Trinajstić information content (AvgIpc) is 2.65. The van der Waals surface area contributed by atoms with Gasteiger partial charge in [0.1, 0.15) is 5.75 Å². The second-order valence-corrected chi connectivity index (χ2v) is 5.73. The summed E-state index contributed by atoms with van der Waals surface area (Å²) in [7, 11) is 1.73. The molecule has 0 saturated heterocycles. The highest BCUT2D eigenvalue weighted by molar-refractivity contribution is 5.67. The average molecular weight is 335 g/mol. The van der Waals surface area contributed by atoms with Crippen LogP contribution in [0.5, 0.6) is 5.75 Å². The van der Waals surface area contributed by atoms with Gasteiger partial charge in [0.25, 0.3) is 0 Å². The molecule has 1 aliphatic heterocycles. The summed E-state index contributed by atoms with van der Waals surface area (Å²) in [5.74, 6) is -0.421. The van der Waals surface area contributed by atoms with Gasteiger partial charge in [-0.2, -0.15) is 13.2 Å². The van der Waals surface area contributed by atoms with Crippen LogP contribution in [0.1, 0.15) is 28.3 Å². The minimum absolute atomic E-state index is 0.0679. The zero-order chi connectivity index (χ0) is 17.5. The molecule has 1 atom stereocenters. The Labute approximate surface area is 137 Å². The van der Waals surface area contributed by atoms with E-state index in [4.69, 9.17) is 5.73 Å². The van der Waals surface area contributed by atoms with Gasteiger partial charge in [-0.15, -0.1) is 0 Å². The Balaban J connectivity index is 2.25. The molecular weight excluding hydrogens is 319 g/mol. The molecule has 0 amide bonds. The zero-order valence-corrected chi connectivity index (χ0v) is 12.9. The molecule has 1 aliphatic rings. The monoisotopic (exact) mass is 335 g/mol. The summed E-state index contributed by atoms with van der Waals surface area (Å²) in [5, 5.41) is 9.50. The van der Waals surface area contributed by atoms with E-state index >= 15 is 0 Å². The van der Waals surface area contributed by atoms with Crippen molar-refractivity contribution in [1.29, 1.82) is 0 Å². The van der Waals surface area contributed by atoms with E-state index in [1.54, 1.807) is 30.3 Å². The van der Waals surface area contributed by atoms with Gasteiger partial charge in [-0.25, -0.2) is 0 Å². The Bertz CT molecular complexity index is 802. The summed E-state index contributed by atoms with van der Waals surface area (Å²) in [4.78, 5) is 5.81. The minimum Gasteiger partial charge on any atom is -0.508 e. The molecule has 0 radical (unpaired) electrons. The van der Waals surface area contributed by atoms with Gasteiger partial charge in [0.05, 0.1) is 11.6 Å². The number of nitrogens with zero attached hydrogens (tertiary/aromatic N) is 2. The first kappa shape index (κ1) is 16.3. The van der Waals surface area contributed by atoms with E-state index in [9.17, 15) is 18.3 Å². The van der Waals surface area contributed by atoms with Gasteiger partial charge in [0.2, 0.25) is 0 Å². The summed E-state index contributed by atoms with van der Waals surface area (Å²) < 4.78 is 40.5. The fraction of sp³-hybridized carbons (Fsp3) is 0.235. The van der Waals surface area contributed by atoms with Gasteiger partial charge in [-0.3, -0.25) is 9.88 Å². The van der Waals surface area contributed by atoms with Crippen LogP contribution in [0, 0.1) is 0 Å². The van der Waals surface area contributed by atoms with E-state index in [0.29, 0.717) is 23.4 Å². The zero-order valence-electron chi connectivity index (χ0n) is 12.9. The number of benzene rings is 1. The molecule has 7 heteroatoms. The van der Waals surface area contributed by atoms with Crippen molar-refractivity contribution in [2.24, 2.45) is 5.73 Å². The van der Waals surface area contributed by atoms with E-state index in [2.05, 4.69) is 4.98 Å². The first-order chi connectivity index (χ1) is 11.3. The predicted molar refractivity (Wildman–Crippen MR) is 84.0 cm³/mol. The number of rotatable bonds is 1. The number of pyridine rings is 1. The van der Waals surface area contributed by atoms with Crippen LogP contribution < -0.4 is 5.73 Å². The number of hydrogen-bond donors (Lipinski definition) is 2. The van der Waals surface area contributed by atoms with Gasteiger partial charge < -0.3 is 10.8 Å². The molecule has 3 N–H and O–H groups in total. The van der Waals surface area contributed by atoms with E-state index < -0.39 is 23.5 Å². The van der Waals surface area contributed by atoms with Gasteiger partial charge in [-0.1, -0.05) is 6.07 Å². The summed E-state index contributed by atoms with van der Waals surface area (Å²) in [6.45, 7) is 0.392. The highest BCUT2D eigenvalue weighted by atomic mass is 19.4. The first-order valence-electron chi connectivity index (χ1n) is 7.29. The van der Waals surface area contributed by atoms with Crippen LogP contribution in [-0.2, 0) is 6.18 Å². The number of likely N-dealkylation sites (N-methyl/N-ethyl adjacent to an activating group) is 1. The van der Waals surface area contributed by atoms with Crippen molar-refractivity contribution in [2.75, 3.05) is 13.6 Å². The summed E-state index contributed by atoms with van der Waals surface area (Å²) in [6.07, 6.45) is 0.272. The van der Waals surface area contributed by atoms with Crippen molar-refractivity contribution < 1.29 is 18.3 Å². The molecule has 4 nitrogen and oxygen atoms in total. The Morgan fingerprint density at radius 2 is 2.00 bits per heavy atom. The number of aromatic nitrogens is 1. The Kier molecular flexibility index (Phi) is 3.96. The van der Waals surface area contributed by atoms with E-state index in [0.717, 1.165) is 6.07 Å². The SMILES string of the molecule is CN1CC=C(N)c2cnccc2C1c1ccc(O)cc1C(F)(F)F. The fourth-order valence-electron chi connectivity index (χ4n) is 3.01. The van der Waals surface area contributed by atoms with Crippen molar-refractivity contribution in [2.45, 2.75) is 12.2 Å². The highest BCUT2D eigenvalue weighted by Gasteiger charge is 2.38. The number of alkyl halides is 3.